The maximum atomic E-state index is 12.2. The number of aromatic carboxylic acids is 1. The van der Waals surface area contributed by atoms with Crippen LogP contribution in [-0.4, -0.2) is 31.9 Å². The first-order valence-electron chi connectivity index (χ1n) is 6.22. The van der Waals surface area contributed by atoms with Crippen LogP contribution in [0.4, 0.5) is 0 Å². The highest BCUT2D eigenvalue weighted by Crippen LogP contribution is 2.20. The fraction of sp³-hybridized carbons (Fsp3) is 0.214. The molecular weight excluding hydrogens is 276 g/mol. The molecule has 0 amide bonds. The number of hydrogen-bond donors (Lipinski definition) is 2. The van der Waals surface area contributed by atoms with E-state index < -0.39 is 11.9 Å². The largest absolute Gasteiger partial charge is 0.508 e. The number of benzene rings is 1. The van der Waals surface area contributed by atoms with Crippen molar-refractivity contribution in [2.24, 2.45) is 0 Å². The molecule has 2 aromatic rings. The molecule has 0 bridgehead atoms. The standard InChI is InChI=1S/C14H14N2O5/c1-8(2)16-12(11(7-15-16)13(18)19)14(20)21-10-5-3-9(17)4-6-10/h3-8,17H,1-2H3,(H,18,19). The van der Waals surface area contributed by atoms with Crippen LogP contribution < -0.4 is 4.74 Å². The van der Waals surface area contributed by atoms with Gasteiger partial charge >= 0.3 is 11.9 Å². The van der Waals surface area contributed by atoms with Gasteiger partial charge in [-0.15, -0.1) is 0 Å². The number of phenols is 1. The molecule has 0 saturated heterocycles. The van der Waals surface area contributed by atoms with Crippen molar-refractivity contribution in [2.75, 3.05) is 0 Å². The summed E-state index contributed by atoms with van der Waals surface area (Å²) in [6, 6.07) is 5.34. The molecule has 1 heterocycles. The van der Waals surface area contributed by atoms with Crippen molar-refractivity contribution >= 4 is 11.9 Å². The lowest BCUT2D eigenvalue weighted by molar-refractivity contribution is 0.0661. The third kappa shape index (κ3) is 3.02. The van der Waals surface area contributed by atoms with Crippen molar-refractivity contribution in [3.63, 3.8) is 0 Å². The quantitative estimate of drug-likeness (QED) is 0.660. The first-order chi connectivity index (χ1) is 9.90. The monoisotopic (exact) mass is 290 g/mol. The first kappa shape index (κ1) is 14.6. The van der Waals surface area contributed by atoms with Crippen molar-refractivity contribution in [3.05, 3.63) is 41.7 Å². The number of carboxylic acids is 1. The second-order valence-corrected chi connectivity index (χ2v) is 4.63. The Balaban J connectivity index is 2.35. The molecule has 7 nitrogen and oxygen atoms in total. The lowest BCUT2D eigenvalue weighted by Gasteiger charge is -2.11. The molecule has 0 saturated carbocycles. The molecule has 110 valence electrons. The van der Waals surface area contributed by atoms with E-state index in [-0.39, 0.29) is 28.8 Å². The number of phenolic OH excluding ortho intramolecular Hbond substituents is 1. The summed E-state index contributed by atoms with van der Waals surface area (Å²) >= 11 is 0. The number of rotatable bonds is 4. The van der Waals surface area contributed by atoms with Gasteiger partial charge in [0.15, 0.2) is 5.69 Å². The van der Waals surface area contributed by atoms with Gasteiger partial charge in [0.1, 0.15) is 17.1 Å². The number of hydrogen-bond acceptors (Lipinski definition) is 5. The summed E-state index contributed by atoms with van der Waals surface area (Å²) < 4.78 is 6.42. The Hall–Kier alpha value is -2.83. The summed E-state index contributed by atoms with van der Waals surface area (Å²) in [5.41, 5.74) is -0.335. The Morgan fingerprint density at radius 2 is 1.86 bits per heavy atom. The van der Waals surface area contributed by atoms with Crippen molar-refractivity contribution in [3.8, 4) is 11.5 Å². The summed E-state index contributed by atoms with van der Waals surface area (Å²) in [4.78, 5) is 23.4. The molecule has 1 aromatic carbocycles. The molecule has 1 aromatic heterocycles. The van der Waals surface area contributed by atoms with Gasteiger partial charge in [-0.1, -0.05) is 0 Å². The van der Waals surface area contributed by atoms with Crippen LogP contribution in [-0.2, 0) is 0 Å². The van der Waals surface area contributed by atoms with E-state index in [9.17, 15) is 14.7 Å². The molecular formula is C14H14N2O5. The van der Waals surface area contributed by atoms with Crippen LogP contribution in [0.5, 0.6) is 11.5 Å². The molecule has 21 heavy (non-hydrogen) atoms. The Kier molecular flexibility index (Phi) is 3.93. The van der Waals surface area contributed by atoms with Gasteiger partial charge in [-0.3, -0.25) is 4.68 Å². The SMILES string of the molecule is CC(C)n1ncc(C(=O)O)c1C(=O)Oc1ccc(O)cc1. The maximum absolute atomic E-state index is 12.2. The first-order valence-corrected chi connectivity index (χ1v) is 6.22. The van der Waals surface area contributed by atoms with Gasteiger partial charge < -0.3 is 14.9 Å². The Labute approximate surface area is 120 Å². The predicted octanol–water partition coefficient (Wildman–Crippen LogP) is 2.09. The van der Waals surface area contributed by atoms with Crippen molar-refractivity contribution < 1.29 is 24.5 Å². The fourth-order valence-electron chi connectivity index (χ4n) is 1.78. The van der Waals surface area contributed by atoms with Crippen molar-refractivity contribution in [1.29, 1.82) is 0 Å². The molecule has 0 spiro atoms. The lowest BCUT2D eigenvalue weighted by atomic mass is 10.2. The molecule has 2 N–H and O–H groups in total. The average molecular weight is 290 g/mol. The molecule has 2 rings (SSSR count). The minimum Gasteiger partial charge on any atom is -0.508 e. The number of carboxylic acid groups (broad SMARTS) is 1. The number of carbonyl (C=O) groups is 2. The lowest BCUT2D eigenvalue weighted by Crippen LogP contribution is -2.20. The summed E-state index contributed by atoms with van der Waals surface area (Å²) in [5, 5.41) is 22.2. The van der Waals surface area contributed by atoms with Crippen LogP contribution in [0.3, 0.4) is 0 Å². The van der Waals surface area contributed by atoms with Crippen LogP contribution in [0.15, 0.2) is 30.5 Å². The van der Waals surface area contributed by atoms with Crippen LogP contribution in [0.1, 0.15) is 40.7 Å². The van der Waals surface area contributed by atoms with Crippen LogP contribution in [0, 0.1) is 0 Å². The number of esters is 1. The highest BCUT2D eigenvalue weighted by molar-refractivity contribution is 6.01. The van der Waals surface area contributed by atoms with Crippen LogP contribution >= 0.6 is 0 Å². The highest BCUT2D eigenvalue weighted by atomic mass is 16.5. The van der Waals surface area contributed by atoms with E-state index in [1.165, 1.54) is 28.9 Å². The van der Waals surface area contributed by atoms with E-state index in [1.807, 2.05) is 0 Å². The Morgan fingerprint density at radius 1 is 1.24 bits per heavy atom. The van der Waals surface area contributed by atoms with Gasteiger partial charge in [-0.2, -0.15) is 5.10 Å². The number of aromatic hydroxyl groups is 1. The van der Waals surface area contributed by atoms with E-state index in [0.29, 0.717) is 0 Å². The Bertz CT molecular complexity index is 673. The number of aromatic nitrogens is 2. The summed E-state index contributed by atoms with van der Waals surface area (Å²) in [7, 11) is 0. The molecule has 0 aliphatic carbocycles. The van der Waals surface area contributed by atoms with Gasteiger partial charge in [-0.25, -0.2) is 9.59 Å². The molecule has 0 fully saturated rings. The second-order valence-electron chi connectivity index (χ2n) is 4.63. The van der Waals surface area contributed by atoms with Gasteiger partial charge in [0.05, 0.1) is 6.20 Å². The Morgan fingerprint density at radius 3 is 2.38 bits per heavy atom. The van der Waals surface area contributed by atoms with Gasteiger partial charge in [0, 0.05) is 6.04 Å². The minimum atomic E-state index is -1.25. The minimum absolute atomic E-state index is 0.0354. The zero-order valence-electron chi connectivity index (χ0n) is 11.5. The molecule has 7 heteroatoms. The third-order valence-corrected chi connectivity index (χ3v) is 2.76. The third-order valence-electron chi connectivity index (χ3n) is 2.76. The number of carbonyl (C=O) groups excluding carboxylic acids is 1. The summed E-state index contributed by atoms with van der Waals surface area (Å²) in [6.45, 7) is 3.55. The zero-order valence-corrected chi connectivity index (χ0v) is 11.5. The zero-order chi connectivity index (χ0) is 15.6. The highest BCUT2D eigenvalue weighted by Gasteiger charge is 2.26. The summed E-state index contributed by atoms with van der Waals surface area (Å²) in [5.74, 6) is -1.83. The summed E-state index contributed by atoms with van der Waals surface area (Å²) in [6.07, 6.45) is 1.12. The van der Waals surface area contributed by atoms with Crippen molar-refractivity contribution in [2.45, 2.75) is 19.9 Å². The van der Waals surface area contributed by atoms with Crippen LogP contribution in [0.2, 0.25) is 0 Å². The smallest absolute Gasteiger partial charge is 0.362 e. The van der Waals surface area contributed by atoms with Crippen LogP contribution in [0.25, 0.3) is 0 Å². The molecule has 0 radical (unpaired) electrons. The molecule has 0 aliphatic heterocycles. The van der Waals surface area contributed by atoms with E-state index in [2.05, 4.69) is 5.10 Å². The normalized spacial score (nSPS) is 10.6. The van der Waals surface area contributed by atoms with Gasteiger partial charge in [0.2, 0.25) is 0 Å². The predicted molar refractivity (Wildman–Crippen MR) is 72.6 cm³/mol. The average Bonchev–Trinajstić information content (AvgIpc) is 2.86. The molecule has 0 aliphatic rings. The number of ether oxygens (including phenoxy) is 1. The maximum Gasteiger partial charge on any atom is 0.362 e. The fourth-order valence-corrected chi connectivity index (χ4v) is 1.78. The van der Waals surface area contributed by atoms with Crippen molar-refractivity contribution in [1.82, 2.24) is 9.78 Å². The molecule has 0 atom stereocenters. The second kappa shape index (κ2) is 5.66. The van der Waals surface area contributed by atoms with E-state index in [4.69, 9.17) is 9.84 Å². The van der Waals surface area contributed by atoms with E-state index in [0.717, 1.165) is 6.20 Å². The van der Waals surface area contributed by atoms with E-state index >= 15 is 0 Å². The topological polar surface area (TPSA) is 102 Å². The van der Waals surface area contributed by atoms with Gasteiger partial charge in [-0.05, 0) is 38.1 Å². The van der Waals surface area contributed by atoms with Gasteiger partial charge in [0.25, 0.3) is 0 Å². The van der Waals surface area contributed by atoms with E-state index in [1.54, 1.807) is 13.8 Å². The molecule has 0 unspecified atom stereocenters. The number of nitrogens with zero attached hydrogens (tertiary/aromatic N) is 2.